The second kappa shape index (κ2) is 9.71. The summed E-state index contributed by atoms with van der Waals surface area (Å²) in [7, 11) is 1.59. The third-order valence-corrected chi connectivity index (χ3v) is 5.72. The lowest BCUT2D eigenvalue weighted by Gasteiger charge is -2.14. The van der Waals surface area contributed by atoms with Crippen LogP contribution >= 0.6 is 11.6 Å². The third-order valence-electron chi connectivity index (χ3n) is 5.41. The van der Waals surface area contributed by atoms with Gasteiger partial charge in [0.25, 0.3) is 0 Å². The van der Waals surface area contributed by atoms with E-state index in [1.54, 1.807) is 13.2 Å². The number of methoxy groups -OCH3 is 1. The van der Waals surface area contributed by atoms with E-state index in [9.17, 15) is 4.79 Å². The van der Waals surface area contributed by atoms with Crippen LogP contribution in [0.2, 0.25) is 5.02 Å². The van der Waals surface area contributed by atoms with Gasteiger partial charge in [0.15, 0.2) is 0 Å². The molecule has 3 aromatic rings. The molecule has 5 heteroatoms. The Bertz CT molecular complexity index is 1060. The van der Waals surface area contributed by atoms with Crippen LogP contribution in [0.15, 0.2) is 72.8 Å². The Morgan fingerprint density at radius 2 is 1.71 bits per heavy atom. The molecule has 0 saturated carbocycles. The number of amides is 1. The van der Waals surface area contributed by atoms with Gasteiger partial charge in [-0.3, -0.25) is 0 Å². The van der Waals surface area contributed by atoms with Crippen molar-refractivity contribution in [2.24, 2.45) is 0 Å². The van der Waals surface area contributed by atoms with Crippen molar-refractivity contribution < 1.29 is 14.3 Å². The van der Waals surface area contributed by atoms with E-state index in [0.717, 1.165) is 5.56 Å². The molecule has 31 heavy (non-hydrogen) atoms. The molecule has 0 spiro atoms. The number of ether oxygens (including phenoxy) is 2. The van der Waals surface area contributed by atoms with Crippen LogP contribution in [-0.2, 0) is 4.74 Å². The molecule has 0 heterocycles. The van der Waals surface area contributed by atoms with Crippen molar-refractivity contribution in [3.8, 4) is 16.9 Å². The highest BCUT2D eigenvalue weighted by Gasteiger charge is 2.28. The zero-order valence-corrected chi connectivity index (χ0v) is 18.1. The van der Waals surface area contributed by atoms with Crippen molar-refractivity contribution in [2.45, 2.75) is 12.3 Å². The first-order chi connectivity index (χ1) is 15.2. The molecule has 3 aromatic carbocycles. The first-order valence-corrected chi connectivity index (χ1v) is 10.6. The lowest BCUT2D eigenvalue weighted by molar-refractivity contribution is 0.143. The summed E-state index contributed by atoms with van der Waals surface area (Å²) in [5.41, 5.74) is 5.84. The number of hydrogen-bond donors (Lipinski definition) is 1. The van der Waals surface area contributed by atoms with Gasteiger partial charge in [0.1, 0.15) is 12.4 Å². The van der Waals surface area contributed by atoms with Gasteiger partial charge in [-0.25, -0.2) is 4.79 Å². The maximum Gasteiger partial charge on any atom is 0.407 e. The number of hydrogen-bond acceptors (Lipinski definition) is 3. The summed E-state index contributed by atoms with van der Waals surface area (Å²) in [6.07, 6.45) is 4.25. The fraction of sp³-hybridized carbons (Fsp3) is 0.192. The van der Waals surface area contributed by atoms with Gasteiger partial charge in [-0.15, -0.1) is 0 Å². The van der Waals surface area contributed by atoms with E-state index in [-0.39, 0.29) is 5.92 Å². The molecule has 0 radical (unpaired) electrons. The average Bonchev–Trinajstić information content (AvgIpc) is 3.12. The Balaban J connectivity index is 1.27. The largest absolute Gasteiger partial charge is 0.495 e. The summed E-state index contributed by atoms with van der Waals surface area (Å²) >= 11 is 6.04. The minimum absolute atomic E-state index is 0.0675. The molecule has 1 aliphatic carbocycles. The molecule has 0 atom stereocenters. The Labute approximate surface area is 187 Å². The Kier molecular flexibility index (Phi) is 6.58. The third kappa shape index (κ3) is 4.75. The molecule has 4 nitrogen and oxygen atoms in total. The SMILES string of the molecule is COc1cc(C=CCCNC(=O)OCC2c3ccccc3-c3ccccc32)ccc1Cl. The van der Waals surface area contributed by atoms with E-state index in [4.69, 9.17) is 21.1 Å². The fourth-order valence-corrected chi connectivity index (χ4v) is 4.10. The second-order valence-corrected chi connectivity index (χ2v) is 7.74. The Hall–Kier alpha value is -3.24. The standard InChI is InChI=1S/C26H24ClNO3/c1-30-25-16-18(13-14-24(25)27)8-6-7-15-28-26(29)31-17-23-21-11-4-2-9-19(21)20-10-3-5-12-22(20)23/h2-6,8-14,16,23H,7,15,17H2,1H3,(H,28,29). The Morgan fingerprint density at radius 3 is 2.39 bits per heavy atom. The fourth-order valence-electron chi connectivity index (χ4n) is 3.91. The second-order valence-electron chi connectivity index (χ2n) is 7.34. The van der Waals surface area contributed by atoms with Crippen LogP contribution in [0.3, 0.4) is 0 Å². The number of benzene rings is 3. The van der Waals surface area contributed by atoms with E-state index in [1.807, 2.05) is 48.6 Å². The molecule has 0 aliphatic heterocycles. The van der Waals surface area contributed by atoms with E-state index < -0.39 is 6.09 Å². The van der Waals surface area contributed by atoms with Crippen LogP contribution in [0.1, 0.15) is 29.0 Å². The van der Waals surface area contributed by atoms with Crippen molar-refractivity contribution in [3.05, 3.63) is 94.5 Å². The van der Waals surface area contributed by atoms with Gasteiger partial charge in [0.05, 0.1) is 12.1 Å². The van der Waals surface area contributed by atoms with Crippen molar-refractivity contribution in [1.82, 2.24) is 5.32 Å². The number of rotatable bonds is 7. The van der Waals surface area contributed by atoms with Crippen LogP contribution in [0.25, 0.3) is 17.2 Å². The molecular formula is C26H24ClNO3. The highest BCUT2D eigenvalue weighted by Crippen LogP contribution is 2.44. The van der Waals surface area contributed by atoms with Crippen molar-refractivity contribution in [3.63, 3.8) is 0 Å². The number of fused-ring (bicyclic) bond motifs is 3. The summed E-state index contributed by atoms with van der Waals surface area (Å²) in [5.74, 6) is 0.707. The highest BCUT2D eigenvalue weighted by molar-refractivity contribution is 6.32. The summed E-state index contributed by atoms with van der Waals surface area (Å²) in [6.45, 7) is 0.818. The highest BCUT2D eigenvalue weighted by atomic mass is 35.5. The minimum atomic E-state index is -0.400. The molecule has 0 unspecified atom stereocenters. The molecule has 1 aliphatic rings. The molecule has 1 N–H and O–H groups in total. The molecule has 0 saturated heterocycles. The number of halogens is 1. The lowest BCUT2D eigenvalue weighted by atomic mass is 9.98. The van der Waals surface area contributed by atoms with Crippen molar-refractivity contribution in [1.29, 1.82) is 0 Å². The molecule has 158 valence electrons. The van der Waals surface area contributed by atoms with E-state index in [0.29, 0.717) is 30.3 Å². The molecule has 1 amide bonds. The van der Waals surface area contributed by atoms with Gasteiger partial charge in [0.2, 0.25) is 0 Å². The molecule has 0 bridgehead atoms. The first kappa shape index (κ1) is 21.0. The maximum atomic E-state index is 12.2. The van der Waals surface area contributed by atoms with Gasteiger partial charge in [-0.05, 0) is 46.4 Å². The number of nitrogens with one attached hydrogen (secondary N) is 1. The number of carbonyl (C=O) groups is 1. The Morgan fingerprint density at radius 1 is 1.03 bits per heavy atom. The first-order valence-electron chi connectivity index (χ1n) is 10.3. The van der Waals surface area contributed by atoms with Crippen LogP contribution in [0.4, 0.5) is 4.79 Å². The van der Waals surface area contributed by atoms with E-state index in [2.05, 4.69) is 29.6 Å². The summed E-state index contributed by atoms with van der Waals surface area (Å²) in [5, 5.41) is 3.39. The smallest absolute Gasteiger partial charge is 0.407 e. The molecule has 0 fully saturated rings. The van der Waals surface area contributed by atoms with Crippen molar-refractivity contribution in [2.75, 3.05) is 20.3 Å². The van der Waals surface area contributed by atoms with Gasteiger partial charge in [-0.1, -0.05) is 78.4 Å². The van der Waals surface area contributed by atoms with Gasteiger partial charge < -0.3 is 14.8 Å². The van der Waals surface area contributed by atoms with E-state index in [1.165, 1.54) is 22.3 Å². The van der Waals surface area contributed by atoms with Crippen LogP contribution in [0, 0.1) is 0 Å². The lowest BCUT2D eigenvalue weighted by Crippen LogP contribution is -2.26. The molecular weight excluding hydrogens is 410 g/mol. The maximum absolute atomic E-state index is 12.2. The van der Waals surface area contributed by atoms with Crippen LogP contribution < -0.4 is 10.1 Å². The number of carbonyl (C=O) groups excluding carboxylic acids is 1. The minimum Gasteiger partial charge on any atom is -0.495 e. The topological polar surface area (TPSA) is 47.6 Å². The summed E-state index contributed by atoms with van der Waals surface area (Å²) in [4.78, 5) is 12.2. The van der Waals surface area contributed by atoms with Crippen molar-refractivity contribution >= 4 is 23.8 Å². The monoisotopic (exact) mass is 433 g/mol. The predicted octanol–water partition coefficient (Wildman–Crippen LogP) is 6.29. The van der Waals surface area contributed by atoms with Crippen LogP contribution in [0.5, 0.6) is 5.75 Å². The zero-order valence-electron chi connectivity index (χ0n) is 17.3. The number of alkyl carbamates (subject to hydrolysis) is 1. The van der Waals surface area contributed by atoms with Gasteiger partial charge >= 0.3 is 6.09 Å². The van der Waals surface area contributed by atoms with Gasteiger partial charge in [0, 0.05) is 12.5 Å². The average molecular weight is 434 g/mol. The normalized spacial score (nSPS) is 12.5. The van der Waals surface area contributed by atoms with Crippen LogP contribution in [-0.4, -0.2) is 26.4 Å². The predicted molar refractivity (Wildman–Crippen MR) is 125 cm³/mol. The van der Waals surface area contributed by atoms with E-state index >= 15 is 0 Å². The quantitative estimate of drug-likeness (QED) is 0.445. The zero-order chi connectivity index (χ0) is 21.6. The molecule has 4 rings (SSSR count). The van der Waals surface area contributed by atoms with Gasteiger partial charge in [-0.2, -0.15) is 0 Å². The molecule has 0 aromatic heterocycles. The summed E-state index contributed by atoms with van der Waals surface area (Å²) in [6, 6.07) is 22.2. The summed E-state index contributed by atoms with van der Waals surface area (Å²) < 4.78 is 10.8.